The molecule has 1 unspecified atom stereocenters. The minimum Gasteiger partial charge on any atom is -0.409 e. The highest BCUT2D eigenvalue weighted by atomic mass is 32.2. The molecule has 0 spiro atoms. The zero-order valence-corrected chi connectivity index (χ0v) is 7.13. The zero-order valence-electron chi connectivity index (χ0n) is 6.31. The van der Waals surface area contributed by atoms with Gasteiger partial charge < -0.3 is 10.9 Å². The number of aromatic nitrogens is 2. The Morgan fingerprint density at radius 2 is 2.58 bits per heavy atom. The Morgan fingerprint density at radius 3 is 3.08 bits per heavy atom. The van der Waals surface area contributed by atoms with E-state index >= 15 is 0 Å². The van der Waals surface area contributed by atoms with Crippen LogP contribution in [0, 0.1) is 0 Å². The maximum absolute atomic E-state index is 11.0. The van der Waals surface area contributed by atoms with Crippen LogP contribution in [0.2, 0.25) is 0 Å². The standard InChI is InChI=1S/C5H8N4O2S/c1-12(11)3-2-7-8-4(3)5(6)9-10/h2,10H,1H3,(H2,6,9)(H,7,8). The van der Waals surface area contributed by atoms with Gasteiger partial charge in [-0.05, 0) is 0 Å². The Labute approximate surface area is 70.9 Å². The van der Waals surface area contributed by atoms with Crippen LogP contribution in [0.25, 0.3) is 0 Å². The highest BCUT2D eigenvalue weighted by molar-refractivity contribution is 7.84. The Balaban J connectivity index is 3.16. The van der Waals surface area contributed by atoms with Crippen molar-refractivity contribution in [2.45, 2.75) is 4.90 Å². The molecule has 4 N–H and O–H groups in total. The fourth-order valence-corrected chi connectivity index (χ4v) is 1.37. The van der Waals surface area contributed by atoms with Crippen LogP contribution in [0.5, 0.6) is 0 Å². The molecule has 66 valence electrons. The Morgan fingerprint density at radius 1 is 1.92 bits per heavy atom. The van der Waals surface area contributed by atoms with Crippen LogP contribution in [0.1, 0.15) is 5.69 Å². The third kappa shape index (κ3) is 1.45. The largest absolute Gasteiger partial charge is 0.409 e. The third-order valence-electron chi connectivity index (χ3n) is 1.28. The smallest absolute Gasteiger partial charge is 0.189 e. The van der Waals surface area contributed by atoms with E-state index in [9.17, 15) is 4.21 Å². The summed E-state index contributed by atoms with van der Waals surface area (Å²) >= 11 is 0. The lowest BCUT2D eigenvalue weighted by Crippen LogP contribution is -2.15. The molecule has 0 radical (unpaired) electrons. The van der Waals surface area contributed by atoms with Crippen LogP contribution in [0.15, 0.2) is 16.2 Å². The van der Waals surface area contributed by atoms with E-state index in [4.69, 9.17) is 10.9 Å². The number of aromatic amines is 1. The second-order valence-electron chi connectivity index (χ2n) is 2.05. The normalized spacial score (nSPS) is 14.6. The SMILES string of the molecule is CS(=O)c1cn[nH]c1C(N)=NO. The Kier molecular flexibility index (Phi) is 2.44. The van der Waals surface area contributed by atoms with Gasteiger partial charge in [0.2, 0.25) is 0 Å². The molecule has 1 rings (SSSR count). The summed E-state index contributed by atoms with van der Waals surface area (Å²) in [7, 11) is -1.20. The van der Waals surface area contributed by atoms with Gasteiger partial charge in [-0.15, -0.1) is 0 Å². The van der Waals surface area contributed by atoms with Crippen LogP contribution in [-0.2, 0) is 10.8 Å². The molecule has 1 heterocycles. The summed E-state index contributed by atoms with van der Waals surface area (Å²) in [4.78, 5) is 0.422. The first-order valence-electron chi connectivity index (χ1n) is 3.01. The van der Waals surface area contributed by atoms with Gasteiger partial charge in [0.05, 0.1) is 21.9 Å². The Bertz CT molecular complexity index is 332. The maximum Gasteiger partial charge on any atom is 0.189 e. The average Bonchev–Trinajstić information content (AvgIpc) is 2.50. The summed E-state index contributed by atoms with van der Waals surface area (Å²) < 4.78 is 11.0. The van der Waals surface area contributed by atoms with E-state index in [0.29, 0.717) is 10.6 Å². The van der Waals surface area contributed by atoms with E-state index in [-0.39, 0.29) is 5.84 Å². The van der Waals surface area contributed by atoms with Crippen molar-refractivity contribution in [1.82, 2.24) is 10.2 Å². The van der Waals surface area contributed by atoms with Crippen molar-refractivity contribution in [3.8, 4) is 0 Å². The number of oxime groups is 1. The van der Waals surface area contributed by atoms with Crippen molar-refractivity contribution in [1.29, 1.82) is 0 Å². The first-order valence-corrected chi connectivity index (χ1v) is 4.57. The molecule has 0 aromatic carbocycles. The highest BCUT2D eigenvalue weighted by Crippen LogP contribution is 2.07. The van der Waals surface area contributed by atoms with Crippen molar-refractivity contribution in [3.63, 3.8) is 0 Å². The first kappa shape index (κ1) is 8.72. The third-order valence-corrected chi connectivity index (χ3v) is 2.21. The average molecular weight is 188 g/mol. The van der Waals surface area contributed by atoms with Gasteiger partial charge in [0.25, 0.3) is 0 Å². The lowest BCUT2D eigenvalue weighted by Gasteiger charge is -1.95. The van der Waals surface area contributed by atoms with E-state index in [1.54, 1.807) is 0 Å². The van der Waals surface area contributed by atoms with Gasteiger partial charge in [0.15, 0.2) is 5.84 Å². The second kappa shape index (κ2) is 3.35. The minimum atomic E-state index is -1.20. The van der Waals surface area contributed by atoms with E-state index in [2.05, 4.69) is 15.4 Å². The van der Waals surface area contributed by atoms with Crippen LogP contribution in [0.4, 0.5) is 0 Å². The van der Waals surface area contributed by atoms with Crippen LogP contribution in [-0.4, -0.2) is 31.7 Å². The first-order chi connectivity index (χ1) is 5.66. The second-order valence-corrected chi connectivity index (χ2v) is 3.40. The highest BCUT2D eigenvalue weighted by Gasteiger charge is 2.11. The molecule has 0 aliphatic rings. The fraction of sp³-hybridized carbons (Fsp3) is 0.200. The van der Waals surface area contributed by atoms with Gasteiger partial charge in [0, 0.05) is 6.26 Å². The molecule has 0 aliphatic heterocycles. The molecule has 0 bridgehead atoms. The van der Waals surface area contributed by atoms with Crippen LogP contribution < -0.4 is 5.73 Å². The summed E-state index contributed by atoms with van der Waals surface area (Å²) in [6.07, 6.45) is 2.86. The predicted molar refractivity (Wildman–Crippen MR) is 43.4 cm³/mol. The van der Waals surface area contributed by atoms with Gasteiger partial charge in [-0.25, -0.2) is 0 Å². The molecule has 7 heteroatoms. The van der Waals surface area contributed by atoms with Gasteiger partial charge in [0.1, 0.15) is 5.69 Å². The number of amidine groups is 1. The van der Waals surface area contributed by atoms with Gasteiger partial charge in [-0.2, -0.15) is 5.10 Å². The lowest BCUT2D eigenvalue weighted by atomic mass is 10.4. The molecule has 0 fully saturated rings. The van der Waals surface area contributed by atoms with Crippen molar-refractivity contribution in [2.24, 2.45) is 10.9 Å². The molecule has 1 atom stereocenters. The molecule has 1 aromatic rings. The van der Waals surface area contributed by atoms with Gasteiger partial charge >= 0.3 is 0 Å². The van der Waals surface area contributed by atoms with Crippen LogP contribution in [0.3, 0.4) is 0 Å². The van der Waals surface area contributed by atoms with Crippen molar-refractivity contribution in [2.75, 3.05) is 6.26 Å². The topological polar surface area (TPSA) is 104 Å². The van der Waals surface area contributed by atoms with Crippen LogP contribution >= 0.6 is 0 Å². The Hall–Kier alpha value is -1.37. The summed E-state index contributed by atoms with van der Waals surface area (Å²) in [6, 6.07) is 0. The molecule has 0 saturated heterocycles. The van der Waals surface area contributed by atoms with Crippen molar-refractivity contribution < 1.29 is 9.42 Å². The minimum absolute atomic E-state index is 0.127. The summed E-state index contributed by atoms with van der Waals surface area (Å²) in [5.74, 6) is -0.127. The molecule has 0 saturated carbocycles. The van der Waals surface area contributed by atoms with E-state index in [1.807, 2.05) is 0 Å². The fourth-order valence-electron chi connectivity index (χ4n) is 0.727. The number of nitrogens with one attached hydrogen (secondary N) is 1. The molecule has 0 amide bonds. The number of H-pyrrole nitrogens is 1. The number of nitrogens with zero attached hydrogens (tertiary/aromatic N) is 2. The van der Waals surface area contributed by atoms with E-state index < -0.39 is 10.8 Å². The van der Waals surface area contributed by atoms with Crippen molar-refractivity contribution in [3.05, 3.63) is 11.9 Å². The number of hydrogen-bond acceptors (Lipinski definition) is 4. The lowest BCUT2D eigenvalue weighted by molar-refractivity contribution is 0.318. The summed E-state index contributed by atoms with van der Waals surface area (Å²) in [5, 5.41) is 17.2. The predicted octanol–water partition coefficient (Wildman–Crippen LogP) is -0.758. The quantitative estimate of drug-likeness (QED) is 0.245. The number of rotatable bonds is 2. The van der Waals surface area contributed by atoms with Gasteiger partial charge in [-0.3, -0.25) is 9.31 Å². The summed E-state index contributed by atoms with van der Waals surface area (Å²) in [6.45, 7) is 0. The van der Waals surface area contributed by atoms with Crippen molar-refractivity contribution >= 4 is 16.6 Å². The molecular formula is C5H8N4O2S. The maximum atomic E-state index is 11.0. The van der Waals surface area contributed by atoms with E-state index in [1.165, 1.54) is 12.5 Å². The monoisotopic (exact) mass is 188 g/mol. The molecule has 12 heavy (non-hydrogen) atoms. The zero-order chi connectivity index (χ0) is 9.14. The number of nitrogens with two attached hydrogens (primary N) is 1. The molecule has 6 nitrogen and oxygen atoms in total. The molecule has 1 aromatic heterocycles. The molecular weight excluding hydrogens is 180 g/mol. The van der Waals surface area contributed by atoms with Gasteiger partial charge in [-0.1, -0.05) is 5.16 Å². The van der Waals surface area contributed by atoms with E-state index in [0.717, 1.165) is 0 Å². The summed E-state index contributed by atoms with van der Waals surface area (Å²) in [5.41, 5.74) is 5.56. The molecule has 0 aliphatic carbocycles. The number of hydrogen-bond donors (Lipinski definition) is 3.